The number of carbonyl (C=O) groups excluding carboxylic acids is 1. The Hall–Kier alpha value is -0.850. The number of benzene rings is 1. The molecule has 0 saturated carbocycles. The van der Waals surface area contributed by atoms with Gasteiger partial charge in [-0.05, 0) is 31.8 Å². The van der Waals surface area contributed by atoms with Gasteiger partial charge in [-0.2, -0.15) is 0 Å². The molecule has 0 aliphatic carbocycles. The predicted molar refractivity (Wildman–Crippen MR) is 100.0 cm³/mol. The number of piperazine rings is 1. The summed E-state index contributed by atoms with van der Waals surface area (Å²) < 4.78 is 0. The Balaban J connectivity index is 0.00000242. The highest BCUT2D eigenvalue weighted by atomic mass is 35.5. The maximum Gasteiger partial charge on any atom is 0.251 e. The summed E-state index contributed by atoms with van der Waals surface area (Å²) in [6.45, 7) is 6.89. The van der Waals surface area contributed by atoms with E-state index in [0.717, 1.165) is 44.8 Å². The highest BCUT2D eigenvalue weighted by Crippen LogP contribution is 2.09. The lowest BCUT2D eigenvalue weighted by Crippen LogP contribution is -2.43. The maximum absolute atomic E-state index is 11.9. The standard InChI is InChI=1S/C16H26N4O.2ClH/c1-17-7-8-18-16(21)15-5-3-14(4-6-15)13-20-11-9-19(2)10-12-20;;/h3-6,17H,7-13H2,1-2H3,(H,18,21);2*1H. The first-order valence-electron chi connectivity index (χ1n) is 7.61. The van der Waals surface area contributed by atoms with Gasteiger partial charge in [-0.3, -0.25) is 9.69 Å². The monoisotopic (exact) mass is 362 g/mol. The van der Waals surface area contributed by atoms with Gasteiger partial charge >= 0.3 is 0 Å². The van der Waals surface area contributed by atoms with Crippen LogP contribution < -0.4 is 10.6 Å². The average Bonchev–Trinajstić information content (AvgIpc) is 2.50. The van der Waals surface area contributed by atoms with Crippen LogP contribution in [0.25, 0.3) is 0 Å². The third kappa shape index (κ3) is 7.50. The van der Waals surface area contributed by atoms with E-state index >= 15 is 0 Å². The Morgan fingerprint density at radius 1 is 1.04 bits per heavy atom. The van der Waals surface area contributed by atoms with Crippen molar-refractivity contribution in [1.29, 1.82) is 0 Å². The quantitative estimate of drug-likeness (QED) is 0.747. The fourth-order valence-corrected chi connectivity index (χ4v) is 2.43. The van der Waals surface area contributed by atoms with Crippen molar-refractivity contribution in [2.45, 2.75) is 6.54 Å². The molecule has 2 rings (SSSR count). The summed E-state index contributed by atoms with van der Waals surface area (Å²) in [7, 11) is 4.04. The molecule has 23 heavy (non-hydrogen) atoms. The van der Waals surface area contributed by atoms with Crippen LogP contribution in [0.5, 0.6) is 0 Å². The van der Waals surface area contributed by atoms with Crippen LogP contribution >= 0.6 is 24.8 Å². The van der Waals surface area contributed by atoms with Crippen molar-refractivity contribution < 1.29 is 4.79 Å². The van der Waals surface area contributed by atoms with Gasteiger partial charge in [-0.1, -0.05) is 12.1 Å². The molecule has 2 N–H and O–H groups in total. The molecular formula is C16H28Cl2N4O. The van der Waals surface area contributed by atoms with Gasteiger partial charge in [0.2, 0.25) is 0 Å². The Bertz CT molecular complexity index is 448. The molecule has 0 aromatic heterocycles. The molecule has 0 bridgehead atoms. The number of halogens is 2. The molecule has 7 heteroatoms. The molecule has 1 aromatic carbocycles. The van der Waals surface area contributed by atoms with Gasteiger partial charge < -0.3 is 15.5 Å². The summed E-state index contributed by atoms with van der Waals surface area (Å²) in [6, 6.07) is 7.96. The van der Waals surface area contributed by atoms with Crippen molar-refractivity contribution in [2.75, 3.05) is 53.4 Å². The van der Waals surface area contributed by atoms with Gasteiger partial charge in [0.25, 0.3) is 5.91 Å². The fourth-order valence-electron chi connectivity index (χ4n) is 2.43. The van der Waals surface area contributed by atoms with Crippen LogP contribution in [0.4, 0.5) is 0 Å². The van der Waals surface area contributed by atoms with Crippen LogP contribution in [0.1, 0.15) is 15.9 Å². The second kappa shape index (κ2) is 11.6. The highest BCUT2D eigenvalue weighted by Gasteiger charge is 2.14. The zero-order chi connectivity index (χ0) is 15.1. The zero-order valence-corrected chi connectivity index (χ0v) is 15.5. The first-order chi connectivity index (χ1) is 10.2. The van der Waals surface area contributed by atoms with Gasteiger partial charge in [0.1, 0.15) is 0 Å². The first-order valence-corrected chi connectivity index (χ1v) is 7.61. The van der Waals surface area contributed by atoms with Crippen molar-refractivity contribution in [3.63, 3.8) is 0 Å². The second-order valence-corrected chi connectivity index (χ2v) is 5.64. The Labute approximate surface area is 151 Å². The summed E-state index contributed by atoms with van der Waals surface area (Å²) >= 11 is 0. The van der Waals surface area contributed by atoms with E-state index in [2.05, 4.69) is 39.6 Å². The summed E-state index contributed by atoms with van der Waals surface area (Å²) in [4.78, 5) is 16.7. The number of hydrogen-bond donors (Lipinski definition) is 2. The van der Waals surface area contributed by atoms with Crippen molar-refractivity contribution in [3.05, 3.63) is 35.4 Å². The maximum atomic E-state index is 11.9. The highest BCUT2D eigenvalue weighted by molar-refractivity contribution is 5.94. The second-order valence-electron chi connectivity index (χ2n) is 5.64. The topological polar surface area (TPSA) is 47.6 Å². The number of hydrogen-bond acceptors (Lipinski definition) is 4. The molecule has 1 aliphatic heterocycles. The number of carbonyl (C=O) groups is 1. The van der Waals surface area contributed by atoms with E-state index in [0.29, 0.717) is 6.54 Å². The molecule has 0 spiro atoms. The van der Waals surface area contributed by atoms with Gasteiger partial charge in [-0.15, -0.1) is 24.8 Å². The SMILES string of the molecule is CNCCNC(=O)c1ccc(CN2CCN(C)CC2)cc1.Cl.Cl. The summed E-state index contributed by atoms with van der Waals surface area (Å²) in [5.74, 6) is -0.00334. The normalized spacial score (nSPS) is 15.4. The van der Waals surface area contributed by atoms with Crippen molar-refractivity contribution in [1.82, 2.24) is 20.4 Å². The van der Waals surface area contributed by atoms with E-state index < -0.39 is 0 Å². The number of amides is 1. The van der Waals surface area contributed by atoms with Crippen LogP contribution in [0.15, 0.2) is 24.3 Å². The molecule has 132 valence electrons. The molecule has 0 atom stereocenters. The van der Waals surface area contributed by atoms with Gasteiger partial charge in [0.05, 0.1) is 0 Å². The number of likely N-dealkylation sites (N-methyl/N-ethyl adjacent to an activating group) is 2. The van der Waals surface area contributed by atoms with E-state index in [1.807, 2.05) is 19.2 Å². The van der Waals surface area contributed by atoms with E-state index in [1.54, 1.807) is 0 Å². The molecule has 1 fully saturated rings. The lowest BCUT2D eigenvalue weighted by molar-refractivity contribution is 0.0954. The lowest BCUT2D eigenvalue weighted by atomic mass is 10.1. The molecule has 1 heterocycles. The minimum absolute atomic E-state index is 0. The number of nitrogens with zero attached hydrogens (tertiary/aromatic N) is 2. The zero-order valence-electron chi connectivity index (χ0n) is 13.9. The summed E-state index contributed by atoms with van der Waals surface area (Å²) in [5.41, 5.74) is 2.00. The summed E-state index contributed by atoms with van der Waals surface area (Å²) in [6.07, 6.45) is 0. The molecule has 0 radical (unpaired) electrons. The average molecular weight is 363 g/mol. The van der Waals surface area contributed by atoms with Crippen molar-refractivity contribution >= 4 is 30.7 Å². The van der Waals surface area contributed by atoms with E-state index in [-0.39, 0.29) is 30.7 Å². The van der Waals surface area contributed by atoms with Gasteiger partial charge in [0.15, 0.2) is 0 Å². The molecule has 1 aliphatic rings. The minimum atomic E-state index is -0.00334. The van der Waals surface area contributed by atoms with Crippen LogP contribution in [-0.2, 0) is 6.54 Å². The first kappa shape index (κ1) is 22.1. The molecular weight excluding hydrogens is 335 g/mol. The summed E-state index contributed by atoms with van der Waals surface area (Å²) in [5, 5.41) is 5.90. The van der Waals surface area contributed by atoms with Crippen molar-refractivity contribution in [2.24, 2.45) is 0 Å². The minimum Gasteiger partial charge on any atom is -0.351 e. The number of rotatable bonds is 6. The lowest BCUT2D eigenvalue weighted by Gasteiger charge is -2.32. The Kier molecular flexibility index (Phi) is 11.2. The van der Waals surface area contributed by atoms with E-state index in [9.17, 15) is 4.79 Å². The molecule has 1 amide bonds. The van der Waals surface area contributed by atoms with Crippen molar-refractivity contribution in [3.8, 4) is 0 Å². The molecule has 5 nitrogen and oxygen atoms in total. The molecule has 1 aromatic rings. The van der Waals surface area contributed by atoms with Gasteiger partial charge in [0, 0.05) is 51.4 Å². The van der Waals surface area contributed by atoms with Crippen LogP contribution in [0, 0.1) is 0 Å². The third-order valence-corrected chi connectivity index (χ3v) is 3.88. The number of nitrogens with one attached hydrogen (secondary N) is 2. The van der Waals surface area contributed by atoms with E-state index in [4.69, 9.17) is 0 Å². The third-order valence-electron chi connectivity index (χ3n) is 3.88. The molecule has 1 saturated heterocycles. The van der Waals surface area contributed by atoms with Gasteiger partial charge in [-0.25, -0.2) is 0 Å². The van der Waals surface area contributed by atoms with Crippen LogP contribution in [-0.4, -0.2) is 69.1 Å². The predicted octanol–water partition coefficient (Wildman–Crippen LogP) is 1.23. The fraction of sp³-hybridized carbons (Fsp3) is 0.562. The van der Waals surface area contributed by atoms with E-state index in [1.165, 1.54) is 5.56 Å². The van der Waals surface area contributed by atoms with Crippen LogP contribution in [0.3, 0.4) is 0 Å². The Morgan fingerprint density at radius 2 is 1.65 bits per heavy atom. The largest absolute Gasteiger partial charge is 0.351 e. The Morgan fingerprint density at radius 3 is 2.22 bits per heavy atom. The smallest absolute Gasteiger partial charge is 0.251 e. The molecule has 0 unspecified atom stereocenters. The van der Waals surface area contributed by atoms with Crippen LogP contribution in [0.2, 0.25) is 0 Å².